The summed E-state index contributed by atoms with van der Waals surface area (Å²) >= 11 is 0. The first kappa shape index (κ1) is 17.5. The summed E-state index contributed by atoms with van der Waals surface area (Å²) in [6, 6.07) is 14.5. The largest absolute Gasteiger partial charge is 0.487 e. The number of carboxylic acid groups (broad SMARTS) is 1. The molecule has 6 nitrogen and oxygen atoms in total. The van der Waals surface area contributed by atoms with Crippen LogP contribution in [0.4, 0.5) is 5.69 Å². The number of nitro benzene ring substituents is 1. The van der Waals surface area contributed by atoms with Gasteiger partial charge >= 0.3 is 11.7 Å². The lowest BCUT2D eigenvalue weighted by atomic mass is 10.1. The van der Waals surface area contributed by atoms with E-state index in [1.807, 2.05) is 30.3 Å². The molecule has 0 amide bonds. The van der Waals surface area contributed by atoms with Crippen molar-refractivity contribution in [3.05, 3.63) is 69.8 Å². The van der Waals surface area contributed by atoms with Crippen molar-refractivity contribution in [1.82, 2.24) is 0 Å². The summed E-state index contributed by atoms with van der Waals surface area (Å²) in [6.45, 7) is 0.379. The molecule has 2 aromatic carbocycles. The molecule has 0 aliphatic heterocycles. The van der Waals surface area contributed by atoms with Gasteiger partial charge in [0.15, 0.2) is 5.75 Å². The van der Waals surface area contributed by atoms with Crippen LogP contribution in [-0.2, 0) is 17.6 Å². The summed E-state index contributed by atoms with van der Waals surface area (Å²) < 4.78 is 5.54. The van der Waals surface area contributed by atoms with Gasteiger partial charge in [0.2, 0.25) is 0 Å². The number of aryl methyl sites for hydroxylation is 2. The van der Waals surface area contributed by atoms with Crippen LogP contribution in [0.2, 0.25) is 0 Å². The van der Waals surface area contributed by atoms with E-state index >= 15 is 0 Å². The average molecular weight is 329 g/mol. The molecule has 6 heteroatoms. The SMILES string of the molecule is O=C(O)CCc1ccc(OCCCc2ccccc2)c([N+](=O)[O-])c1. The van der Waals surface area contributed by atoms with E-state index < -0.39 is 10.9 Å². The van der Waals surface area contributed by atoms with Crippen molar-refractivity contribution in [3.63, 3.8) is 0 Å². The predicted molar refractivity (Wildman–Crippen MR) is 89.3 cm³/mol. The van der Waals surface area contributed by atoms with Crippen molar-refractivity contribution in [2.24, 2.45) is 0 Å². The minimum atomic E-state index is -0.932. The number of aliphatic carboxylic acids is 1. The van der Waals surface area contributed by atoms with Gasteiger partial charge in [-0.25, -0.2) is 0 Å². The number of carboxylic acids is 1. The van der Waals surface area contributed by atoms with Crippen molar-refractivity contribution < 1.29 is 19.6 Å². The van der Waals surface area contributed by atoms with Crippen LogP contribution in [0.15, 0.2) is 48.5 Å². The summed E-state index contributed by atoms with van der Waals surface area (Å²) in [5, 5.41) is 19.9. The second kappa shape index (κ2) is 8.67. The molecule has 0 aliphatic rings. The number of nitro groups is 1. The fourth-order valence-electron chi connectivity index (χ4n) is 2.34. The number of nitrogens with zero attached hydrogens (tertiary/aromatic N) is 1. The lowest BCUT2D eigenvalue weighted by Crippen LogP contribution is -2.03. The Kier molecular flexibility index (Phi) is 6.31. The Balaban J connectivity index is 1.93. The van der Waals surface area contributed by atoms with E-state index in [1.165, 1.54) is 17.7 Å². The Morgan fingerprint density at radius 2 is 1.83 bits per heavy atom. The quantitative estimate of drug-likeness (QED) is 0.431. The molecule has 0 aromatic heterocycles. The molecule has 0 atom stereocenters. The van der Waals surface area contributed by atoms with Gasteiger partial charge in [-0.1, -0.05) is 36.4 Å². The average Bonchev–Trinajstić information content (AvgIpc) is 2.58. The minimum absolute atomic E-state index is 0.0611. The van der Waals surface area contributed by atoms with E-state index in [4.69, 9.17) is 9.84 Å². The number of carbonyl (C=O) groups is 1. The van der Waals surface area contributed by atoms with Crippen LogP contribution >= 0.6 is 0 Å². The third-order valence-corrected chi connectivity index (χ3v) is 3.56. The molecule has 2 aromatic rings. The molecule has 0 aliphatic carbocycles. The number of ether oxygens (including phenoxy) is 1. The lowest BCUT2D eigenvalue weighted by Gasteiger charge is -2.08. The van der Waals surface area contributed by atoms with E-state index in [9.17, 15) is 14.9 Å². The second-order valence-electron chi connectivity index (χ2n) is 5.39. The zero-order chi connectivity index (χ0) is 17.4. The molecule has 0 heterocycles. The standard InChI is InChI=1S/C18H19NO5/c20-18(21)11-9-15-8-10-17(16(13-15)19(22)23)24-12-4-7-14-5-2-1-3-6-14/h1-3,5-6,8,10,13H,4,7,9,11-12H2,(H,20,21). The number of hydrogen-bond donors (Lipinski definition) is 1. The van der Waals surface area contributed by atoms with Gasteiger partial charge in [0.05, 0.1) is 11.5 Å². The Morgan fingerprint density at radius 3 is 2.50 bits per heavy atom. The van der Waals surface area contributed by atoms with Crippen molar-refractivity contribution in [3.8, 4) is 5.75 Å². The molecule has 0 unspecified atom stereocenters. The van der Waals surface area contributed by atoms with Crippen LogP contribution in [0, 0.1) is 10.1 Å². The normalized spacial score (nSPS) is 10.3. The maximum Gasteiger partial charge on any atom is 0.311 e. The highest BCUT2D eigenvalue weighted by Crippen LogP contribution is 2.28. The smallest absolute Gasteiger partial charge is 0.311 e. The van der Waals surface area contributed by atoms with Crippen molar-refractivity contribution in [2.75, 3.05) is 6.61 Å². The van der Waals surface area contributed by atoms with Crippen LogP contribution in [0.25, 0.3) is 0 Å². The number of hydrogen-bond acceptors (Lipinski definition) is 4. The van der Waals surface area contributed by atoms with Gasteiger partial charge in [0.1, 0.15) is 0 Å². The van der Waals surface area contributed by atoms with Crippen molar-refractivity contribution in [2.45, 2.75) is 25.7 Å². The number of rotatable bonds is 9. The molecule has 0 fully saturated rings. The maximum absolute atomic E-state index is 11.2. The Labute approximate surface area is 139 Å². The zero-order valence-electron chi connectivity index (χ0n) is 13.2. The molecule has 126 valence electrons. The fraction of sp³-hybridized carbons (Fsp3) is 0.278. The van der Waals surface area contributed by atoms with Crippen LogP contribution in [0.1, 0.15) is 24.0 Å². The zero-order valence-corrected chi connectivity index (χ0v) is 13.2. The second-order valence-corrected chi connectivity index (χ2v) is 5.39. The maximum atomic E-state index is 11.2. The van der Waals surface area contributed by atoms with E-state index in [0.717, 1.165) is 12.8 Å². The topological polar surface area (TPSA) is 89.7 Å². The molecule has 0 radical (unpaired) electrons. The van der Waals surface area contributed by atoms with Crippen LogP contribution in [-0.4, -0.2) is 22.6 Å². The summed E-state index contributed by atoms with van der Waals surface area (Å²) in [4.78, 5) is 21.3. The van der Waals surface area contributed by atoms with Gasteiger partial charge in [0, 0.05) is 12.5 Å². The highest BCUT2D eigenvalue weighted by Gasteiger charge is 2.16. The first-order chi connectivity index (χ1) is 11.6. The van der Waals surface area contributed by atoms with Crippen LogP contribution in [0.5, 0.6) is 5.75 Å². The predicted octanol–water partition coefficient (Wildman–Crippen LogP) is 3.62. The highest BCUT2D eigenvalue weighted by atomic mass is 16.6. The van der Waals surface area contributed by atoms with Crippen molar-refractivity contribution in [1.29, 1.82) is 0 Å². The van der Waals surface area contributed by atoms with E-state index in [-0.39, 0.29) is 24.3 Å². The van der Waals surface area contributed by atoms with Gasteiger partial charge in [0.25, 0.3) is 0 Å². The minimum Gasteiger partial charge on any atom is -0.487 e. The molecule has 0 saturated heterocycles. The van der Waals surface area contributed by atoms with Gasteiger partial charge in [-0.2, -0.15) is 0 Å². The van der Waals surface area contributed by atoms with Crippen LogP contribution in [0.3, 0.4) is 0 Å². The highest BCUT2D eigenvalue weighted by molar-refractivity contribution is 5.67. The molecular weight excluding hydrogens is 310 g/mol. The summed E-state index contributed by atoms with van der Waals surface area (Å²) in [5.74, 6) is -0.717. The van der Waals surface area contributed by atoms with Crippen LogP contribution < -0.4 is 4.74 Å². The van der Waals surface area contributed by atoms with Crippen molar-refractivity contribution >= 4 is 11.7 Å². The molecule has 2 rings (SSSR count). The van der Waals surface area contributed by atoms with E-state index in [1.54, 1.807) is 6.07 Å². The Bertz CT molecular complexity index is 700. The monoisotopic (exact) mass is 329 g/mol. The molecule has 0 saturated carbocycles. The van der Waals surface area contributed by atoms with E-state index in [0.29, 0.717) is 12.2 Å². The lowest BCUT2D eigenvalue weighted by molar-refractivity contribution is -0.385. The summed E-state index contributed by atoms with van der Waals surface area (Å²) in [7, 11) is 0. The first-order valence-corrected chi connectivity index (χ1v) is 7.72. The fourth-order valence-corrected chi connectivity index (χ4v) is 2.34. The number of benzene rings is 2. The Morgan fingerprint density at radius 1 is 1.08 bits per heavy atom. The first-order valence-electron chi connectivity index (χ1n) is 7.72. The molecular formula is C18H19NO5. The molecule has 1 N–H and O–H groups in total. The summed E-state index contributed by atoms with van der Waals surface area (Å²) in [5.41, 5.74) is 1.68. The third-order valence-electron chi connectivity index (χ3n) is 3.56. The van der Waals surface area contributed by atoms with Gasteiger partial charge in [-0.3, -0.25) is 14.9 Å². The van der Waals surface area contributed by atoms with Gasteiger partial charge in [-0.15, -0.1) is 0 Å². The summed E-state index contributed by atoms with van der Waals surface area (Å²) in [6.07, 6.45) is 1.78. The Hall–Kier alpha value is -2.89. The van der Waals surface area contributed by atoms with Gasteiger partial charge in [-0.05, 0) is 36.5 Å². The molecule has 0 spiro atoms. The molecule has 0 bridgehead atoms. The third kappa shape index (κ3) is 5.39. The van der Waals surface area contributed by atoms with E-state index in [2.05, 4.69) is 0 Å². The van der Waals surface area contributed by atoms with Gasteiger partial charge < -0.3 is 9.84 Å². The molecule has 24 heavy (non-hydrogen) atoms.